The fourth-order valence-electron chi connectivity index (χ4n) is 2.60. The molecule has 1 aliphatic rings. The van der Waals surface area contributed by atoms with Gasteiger partial charge < -0.3 is 14.8 Å². The highest BCUT2D eigenvalue weighted by Gasteiger charge is 2.28. The molecule has 3 rings (SSSR count). The molecule has 0 aliphatic heterocycles. The molecule has 144 valence electrons. The summed E-state index contributed by atoms with van der Waals surface area (Å²) in [5.74, 6) is 0.643. The summed E-state index contributed by atoms with van der Waals surface area (Å²) in [4.78, 5) is 12.7. The van der Waals surface area contributed by atoms with Crippen LogP contribution in [0.2, 0.25) is 0 Å². The van der Waals surface area contributed by atoms with Crippen molar-refractivity contribution < 1.29 is 22.7 Å². The van der Waals surface area contributed by atoms with E-state index in [2.05, 4.69) is 10.0 Å². The van der Waals surface area contributed by atoms with Crippen LogP contribution in [0.4, 0.5) is 5.69 Å². The van der Waals surface area contributed by atoms with E-state index in [4.69, 9.17) is 9.47 Å². The van der Waals surface area contributed by atoms with Gasteiger partial charge in [-0.25, -0.2) is 13.1 Å². The van der Waals surface area contributed by atoms with Crippen molar-refractivity contribution in [2.45, 2.75) is 30.7 Å². The molecule has 1 saturated carbocycles. The summed E-state index contributed by atoms with van der Waals surface area (Å²) in [6.45, 7) is 1.83. The summed E-state index contributed by atoms with van der Waals surface area (Å²) in [6, 6.07) is 9.40. The van der Waals surface area contributed by atoms with Gasteiger partial charge in [-0.1, -0.05) is 6.07 Å². The van der Waals surface area contributed by atoms with Crippen LogP contribution in [0.25, 0.3) is 0 Å². The van der Waals surface area contributed by atoms with E-state index < -0.39 is 15.9 Å². The molecule has 27 heavy (non-hydrogen) atoms. The predicted octanol–water partition coefficient (Wildman–Crippen LogP) is 2.71. The second-order valence-corrected chi connectivity index (χ2v) is 8.11. The third-order valence-electron chi connectivity index (χ3n) is 4.28. The van der Waals surface area contributed by atoms with Crippen LogP contribution < -0.4 is 19.5 Å². The SMILES string of the molecule is COc1cc(C)c(NC(=O)c2cccc(S(=O)(=O)NC3CC3)c2)cc1OC. The fraction of sp³-hybridized carbons (Fsp3) is 0.316. The van der Waals surface area contributed by atoms with Crippen LogP contribution in [-0.2, 0) is 10.0 Å². The summed E-state index contributed by atoms with van der Waals surface area (Å²) in [5, 5.41) is 2.79. The number of amides is 1. The average Bonchev–Trinajstić information content (AvgIpc) is 3.46. The number of methoxy groups -OCH3 is 2. The number of ether oxygens (including phenoxy) is 2. The Labute approximate surface area is 158 Å². The summed E-state index contributed by atoms with van der Waals surface area (Å²) in [7, 11) is -0.568. The highest BCUT2D eigenvalue weighted by molar-refractivity contribution is 7.89. The largest absolute Gasteiger partial charge is 0.493 e. The molecule has 7 nitrogen and oxygen atoms in total. The molecule has 0 radical (unpaired) electrons. The van der Waals surface area contributed by atoms with Gasteiger partial charge in [-0.15, -0.1) is 0 Å². The van der Waals surface area contributed by atoms with E-state index in [1.54, 1.807) is 24.3 Å². The van der Waals surface area contributed by atoms with Gasteiger partial charge in [-0.3, -0.25) is 4.79 Å². The van der Waals surface area contributed by atoms with Gasteiger partial charge in [0.15, 0.2) is 11.5 Å². The van der Waals surface area contributed by atoms with Gasteiger partial charge in [0.25, 0.3) is 5.91 Å². The Morgan fingerprint density at radius 3 is 2.37 bits per heavy atom. The van der Waals surface area contributed by atoms with Crippen molar-refractivity contribution in [3.8, 4) is 11.5 Å². The van der Waals surface area contributed by atoms with Gasteiger partial charge in [-0.05, 0) is 49.6 Å². The second kappa shape index (κ2) is 7.58. The van der Waals surface area contributed by atoms with E-state index in [9.17, 15) is 13.2 Å². The minimum atomic E-state index is -3.62. The molecule has 0 spiro atoms. The first kappa shape index (κ1) is 19.2. The summed E-state index contributed by atoms with van der Waals surface area (Å²) in [6.07, 6.45) is 1.69. The molecule has 0 saturated heterocycles. The molecule has 0 aromatic heterocycles. The number of rotatable bonds is 7. The van der Waals surface area contributed by atoms with E-state index >= 15 is 0 Å². The van der Waals surface area contributed by atoms with Crippen LogP contribution in [-0.4, -0.2) is 34.6 Å². The first-order chi connectivity index (χ1) is 12.8. The van der Waals surface area contributed by atoms with Crippen molar-refractivity contribution in [2.24, 2.45) is 0 Å². The quantitative estimate of drug-likeness (QED) is 0.758. The van der Waals surface area contributed by atoms with Crippen molar-refractivity contribution in [3.05, 3.63) is 47.5 Å². The van der Waals surface area contributed by atoms with Crippen molar-refractivity contribution in [1.29, 1.82) is 0 Å². The van der Waals surface area contributed by atoms with Gasteiger partial charge in [0.2, 0.25) is 10.0 Å². The van der Waals surface area contributed by atoms with E-state index in [0.29, 0.717) is 17.2 Å². The number of nitrogens with one attached hydrogen (secondary N) is 2. The van der Waals surface area contributed by atoms with Gasteiger partial charge in [-0.2, -0.15) is 0 Å². The number of hydrogen-bond acceptors (Lipinski definition) is 5. The normalized spacial score (nSPS) is 13.9. The molecule has 8 heteroatoms. The zero-order valence-electron chi connectivity index (χ0n) is 15.4. The third kappa shape index (κ3) is 4.40. The molecule has 0 bridgehead atoms. The second-order valence-electron chi connectivity index (χ2n) is 6.40. The van der Waals surface area contributed by atoms with Crippen molar-refractivity contribution in [3.63, 3.8) is 0 Å². The van der Waals surface area contributed by atoms with Crippen molar-refractivity contribution >= 4 is 21.6 Å². The van der Waals surface area contributed by atoms with Crippen LogP contribution in [0.3, 0.4) is 0 Å². The molecule has 2 N–H and O–H groups in total. The standard InChI is InChI=1S/C19H22N2O5S/c1-12-9-17(25-2)18(26-3)11-16(12)20-19(22)13-5-4-6-15(10-13)27(23,24)21-14-7-8-14/h4-6,9-11,14,21H,7-8H2,1-3H3,(H,20,22). The number of carbonyl (C=O) groups excluding carboxylic acids is 1. The average molecular weight is 390 g/mol. The van der Waals surface area contributed by atoms with Crippen molar-refractivity contribution in [1.82, 2.24) is 4.72 Å². The summed E-state index contributed by atoms with van der Waals surface area (Å²) < 4.78 is 37.8. The molecule has 0 heterocycles. The Hall–Kier alpha value is -2.58. The topological polar surface area (TPSA) is 93.7 Å². The lowest BCUT2D eigenvalue weighted by molar-refractivity contribution is 0.102. The maximum atomic E-state index is 12.6. The highest BCUT2D eigenvalue weighted by Crippen LogP contribution is 2.33. The Bertz CT molecular complexity index is 968. The number of benzene rings is 2. The first-order valence-corrected chi connectivity index (χ1v) is 9.98. The molecule has 2 aromatic carbocycles. The monoisotopic (exact) mass is 390 g/mol. The zero-order chi connectivity index (χ0) is 19.6. The molecular formula is C19H22N2O5S. The lowest BCUT2D eigenvalue weighted by atomic mass is 10.1. The van der Waals surface area contributed by atoms with Gasteiger partial charge in [0.05, 0.1) is 19.1 Å². The van der Waals surface area contributed by atoms with Crippen LogP contribution in [0, 0.1) is 6.92 Å². The Kier molecular flexibility index (Phi) is 5.38. The highest BCUT2D eigenvalue weighted by atomic mass is 32.2. The third-order valence-corrected chi connectivity index (χ3v) is 5.80. The lowest BCUT2D eigenvalue weighted by Gasteiger charge is -2.14. The lowest BCUT2D eigenvalue weighted by Crippen LogP contribution is -2.26. The molecule has 0 unspecified atom stereocenters. The maximum Gasteiger partial charge on any atom is 0.255 e. The predicted molar refractivity (Wildman–Crippen MR) is 102 cm³/mol. The maximum absolute atomic E-state index is 12.6. The molecule has 1 aliphatic carbocycles. The number of hydrogen-bond donors (Lipinski definition) is 2. The number of anilines is 1. The number of sulfonamides is 1. The Balaban J connectivity index is 1.83. The van der Waals surface area contributed by atoms with E-state index in [1.165, 1.54) is 26.4 Å². The minimum absolute atomic E-state index is 0.00176. The van der Waals surface area contributed by atoms with E-state index in [0.717, 1.165) is 18.4 Å². The molecule has 0 atom stereocenters. The Morgan fingerprint density at radius 2 is 1.74 bits per heavy atom. The van der Waals surface area contributed by atoms with Crippen LogP contribution >= 0.6 is 0 Å². The van der Waals surface area contributed by atoms with Crippen LogP contribution in [0.1, 0.15) is 28.8 Å². The molecular weight excluding hydrogens is 368 g/mol. The molecule has 1 fully saturated rings. The van der Waals surface area contributed by atoms with Crippen LogP contribution in [0.15, 0.2) is 41.3 Å². The summed E-state index contributed by atoms with van der Waals surface area (Å²) >= 11 is 0. The van der Waals surface area contributed by atoms with Gasteiger partial charge in [0, 0.05) is 23.4 Å². The molecule has 2 aromatic rings. The van der Waals surface area contributed by atoms with Gasteiger partial charge >= 0.3 is 0 Å². The molecule has 1 amide bonds. The van der Waals surface area contributed by atoms with Crippen molar-refractivity contribution in [2.75, 3.05) is 19.5 Å². The van der Waals surface area contributed by atoms with E-state index in [1.807, 2.05) is 6.92 Å². The first-order valence-electron chi connectivity index (χ1n) is 8.50. The van der Waals surface area contributed by atoms with E-state index in [-0.39, 0.29) is 16.5 Å². The zero-order valence-corrected chi connectivity index (χ0v) is 16.2. The van der Waals surface area contributed by atoms with Crippen LogP contribution in [0.5, 0.6) is 11.5 Å². The fourth-order valence-corrected chi connectivity index (χ4v) is 3.95. The Morgan fingerprint density at radius 1 is 1.07 bits per heavy atom. The summed E-state index contributed by atoms with van der Waals surface area (Å²) in [5.41, 5.74) is 1.60. The minimum Gasteiger partial charge on any atom is -0.493 e. The smallest absolute Gasteiger partial charge is 0.255 e. The number of aryl methyl sites for hydroxylation is 1. The number of carbonyl (C=O) groups is 1. The van der Waals surface area contributed by atoms with Gasteiger partial charge in [0.1, 0.15) is 0 Å².